The van der Waals surface area contributed by atoms with E-state index in [0.717, 1.165) is 0 Å². The second-order valence-corrected chi connectivity index (χ2v) is 18.8. The molecule has 0 aliphatic carbocycles. The largest absolute Gasteiger partial charge is 0.507 e. The molecule has 0 fully saturated rings. The summed E-state index contributed by atoms with van der Waals surface area (Å²) in [5.74, 6) is -8.14. The van der Waals surface area contributed by atoms with Crippen molar-refractivity contribution >= 4 is 40.0 Å². The summed E-state index contributed by atoms with van der Waals surface area (Å²) in [6.45, 7) is 23.4. The number of phenolic OH excluding ortho intramolecular Hbond substituents is 2. The molecule has 9 atom stereocenters. The van der Waals surface area contributed by atoms with Crippen molar-refractivity contribution in [2.24, 2.45) is 23.7 Å². The van der Waals surface area contributed by atoms with Crippen LogP contribution in [0.2, 0.25) is 0 Å². The molecule has 15 nitrogen and oxygen atoms in total. The minimum atomic E-state index is -2.04. The molecule has 3 aliphatic rings. The topological polar surface area (TPSA) is 211 Å². The lowest BCUT2D eigenvalue weighted by Gasteiger charge is -2.45. The Balaban J connectivity index is 1.96. The van der Waals surface area contributed by atoms with E-state index in [2.05, 4.69) is 5.32 Å². The highest BCUT2D eigenvalue weighted by Crippen LogP contribution is 2.54. The van der Waals surface area contributed by atoms with Crippen molar-refractivity contribution in [1.29, 1.82) is 0 Å². The second kappa shape index (κ2) is 18.7. The number of anilines is 1. The quantitative estimate of drug-likeness (QED) is 0.154. The Bertz CT molecular complexity index is 2130. The summed E-state index contributed by atoms with van der Waals surface area (Å²) in [5.41, 5.74) is -1.28. The molecular weight excluding hydrogens is 801 g/mol. The van der Waals surface area contributed by atoms with E-state index in [1.54, 1.807) is 44.7 Å². The number of carbonyl (C=O) groups excluding carboxylic acids is 4. The van der Waals surface area contributed by atoms with Gasteiger partial charge in [-0.2, -0.15) is 0 Å². The molecular formula is C47H66N2O13. The molecule has 5 bridgehead atoms. The van der Waals surface area contributed by atoms with Crippen LogP contribution in [-0.2, 0) is 28.6 Å². The summed E-state index contributed by atoms with van der Waals surface area (Å²) in [6, 6.07) is 1.28. The highest BCUT2D eigenvalue weighted by molar-refractivity contribution is 6.21. The van der Waals surface area contributed by atoms with E-state index in [0.29, 0.717) is 0 Å². The van der Waals surface area contributed by atoms with Gasteiger partial charge in [0.05, 0.1) is 41.2 Å². The highest BCUT2D eigenvalue weighted by atomic mass is 16.7. The Kier molecular flexibility index (Phi) is 14.9. The maximum atomic E-state index is 14.6. The molecule has 0 aromatic heterocycles. The third kappa shape index (κ3) is 10.1. The average Bonchev–Trinajstić information content (AvgIpc) is 3.43. The molecule has 9 unspecified atom stereocenters. The van der Waals surface area contributed by atoms with Crippen molar-refractivity contribution in [3.8, 4) is 23.0 Å². The van der Waals surface area contributed by atoms with E-state index >= 15 is 0 Å². The zero-order valence-corrected chi connectivity index (χ0v) is 38.7. The molecule has 2 aromatic carbocycles. The van der Waals surface area contributed by atoms with Crippen LogP contribution in [0.25, 0.3) is 10.8 Å². The molecule has 0 spiro atoms. The van der Waals surface area contributed by atoms with Crippen LogP contribution in [0.4, 0.5) is 5.69 Å². The number of hydrogen-bond donors (Lipinski definition) is 5. The third-order valence-electron chi connectivity index (χ3n) is 11.8. The standard InChI is InChI=1S/C47H66N2O13/c1-23-17-16-18-24(2)44(57)48-30-21-32(59-22-33(51)49(45(8,9)10)46(11,12)13)34-35(40(30)55)39(54)28(6)42-36(34)43(56)47(14,62-42)60-20-19-31(58-15)25(3)41(61-29(7)50)27(5)38(53)26(4)37(23)52/h16-21,23,25-27,31,37-38,41,52-55H,22H2,1-15H3,(H,48,57)/b17-16+,20-19+,24-18-. The fourth-order valence-corrected chi connectivity index (χ4v) is 8.71. The number of methoxy groups -OCH3 is 1. The summed E-state index contributed by atoms with van der Waals surface area (Å²) in [5, 5.41) is 48.7. The molecule has 62 heavy (non-hydrogen) atoms. The van der Waals surface area contributed by atoms with Gasteiger partial charge in [-0.15, -0.1) is 0 Å². The van der Waals surface area contributed by atoms with Crippen molar-refractivity contribution in [1.82, 2.24) is 4.90 Å². The smallest absolute Gasteiger partial charge is 0.312 e. The normalized spacial score (nSPS) is 29.5. The monoisotopic (exact) mass is 866 g/mol. The van der Waals surface area contributed by atoms with Gasteiger partial charge in [0.1, 0.15) is 23.4 Å². The first-order valence-corrected chi connectivity index (χ1v) is 20.9. The van der Waals surface area contributed by atoms with Crippen molar-refractivity contribution < 1.29 is 63.3 Å². The number of allylic oxidation sites excluding steroid dienone is 2. The molecule has 5 rings (SSSR count). The van der Waals surface area contributed by atoms with Gasteiger partial charge in [-0.1, -0.05) is 45.9 Å². The number of aliphatic hydroxyl groups excluding tert-OH is 2. The zero-order valence-electron chi connectivity index (χ0n) is 38.7. The SMILES string of the molecule is COC1/C=C/OC2(C)Oc3c(C)c(O)c4c(O)c(cc(OCC(=O)N(C(C)(C)C)C(C)(C)C)c4c3C2=O)NC(=O)/C(C)=C\C=C\C(C)C(O)C(C)C(O)C(C)C(OC(C)=O)C1C. The average molecular weight is 867 g/mol. The number of carbonyl (C=O) groups is 4. The Morgan fingerprint density at radius 3 is 2.08 bits per heavy atom. The molecule has 342 valence electrons. The lowest BCUT2D eigenvalue weighted by atomic mass is 9.78. The van der Waals surface area contributed by atoms with Gasteiger partial charge in [-0.05, 0) is 61.5 Å². The van der Waals surface area contributed by atoms with Crippen LogP contribution in [0, 0.1) is 30.6 Å². The Hall–Kier alpha value is -5.12. The van der Waals surface area contributed by atoms with Crippen LogP contribution in [-0.4, -0.2) is 104 Å². The first kappa shape index (κ1) is 49.5. The predicted octanol–water partition coefficient (Wildman–Crippen LogP) is 6.85. The molecule has 5 N–H and O–H groups in total. The molecule has 0 saturated carbocycles. The zero-order chi connectivity index (χ0) is 47.0. The minimum absolute atomic E-state index is 0.0645. The maximum absolute atomic E-state index is 14.6. The molecule has 2 aromatic rings. The summed E-state index contributed by atoms with van der Waals surface area (Å²) in [6.07, 6.45) is 3.58. The van der Waals surface area contributed by atoms with Gasteiger partial charge in [0.2, 0.25) is 0 Å². The van der Waals surface area contributed by atoms with Crippen LogP contribution >= 0.6 is 0 Å². The van der Waals surface area contributed by atoms with E-state index in [9.17, 15) is 39.6 Å². The Labute approximate surface area is 364 Å². The number of benzene rings is 2. The summed E-state index contributed by atoms with van der Waals surface area (Å²) in [7, 11) is 1.44. The fraction of sp³-hybridized carbons (Fsp3) is 0.574. The number of rotatable bonds is 5. The van der Waals surface area contributed by atoms with E-state index in [-0.39, 0.29) is 44.7 Å². The Morgan fingerprint density at radius 1 is 0.903 bits per heavy atom. The molecule has 15 heteroatoms. The van der Waals surface area contributed by atoms with E-state index in [1.807, 2.05) is 41.5 Å². The number of Topliss-reactive ketones (excluding diaryl/α,β-unsaturated/α-hetero) is 1. The van der Waals surface area contributed by atoms with Crippen LogP contribution in [0.1, 0.15) is 106 Å². The number of aliphatic hydroxyl groups is 2. The minimum Gasteiger partial charge on any atom is -0.507 e. The Morgan fingerprint density at radius 2 is 1.52 bits per heavy atom. The van der Waals surface area contributed by atoms with Crippen LogP contribution < -0.4 is 14.8 Å². The maximum Gasteiger partial charge on any atom is 0.312 e. The van der Waals surface area contributed by atoms with Gasteiger partial charge in [0, 0.05) is 78.3 Å². The lowest BCUT2D eigenvalue weighted by molar-refractivity contribution is -0.160. The van der Waals surface area contributed by atoms with Gasteiger partial charge >= 0.3 is 11.8 Å². The van der Waals surface area contributed by atoms with Crippen molar-refractivity contribution in [3.63, 3.8) is 0 Å². The summed E-state index contributed by atoms with van der Waals surface area (Å²) in [4.78, 5) is 56.2. The van der Waals surface area contributed by atoms with Gasteiger partial charge in [0.25, 0.3) is 17.6 Å². The number of fused-ring (bicyclic) bond motifs is 14. The summed E-state index contributed by atoms with van der Waals surface area (Å²) >= 11 is 0. The van der Waals surface area contributed by atoms with Gasteiger partial charge < -0.3 is 54.3 Å². The number of ether oxygens (including phenoxy) is 5. The van der Waals surface area contributed by atoms with E-state index in [4.69, 9.17) is 23.7 Å². The number of nitrogens with one attached hydrogen (secondary N) is 1. The number of aromatic hydroxyl groups is 2. The summed E-state index contributed by atoms with van der Waals surface area (Å²) < 4.78 is 30.0. The van der Waals surface area contributed by atoms with Crippen molar-refractivity contribution in [2.75, 3.05) is 19.0 Å². The number of phenols is 2. The number of esters is 1. The highest BCUT2D eigenvalue weighted by Gasteiger charge is 2.50. The van der Waals surface area contributed by atoms with Crippen molar-refractivity contribution in [2.45, 2.75) is 138 Å². The lowest BCUT2D eigenvalue weighted by Crippen LogP contribution is -2.57. The second-order valence-electron chi connectivity index (χ2n) is 18.8. The fourth-order valence-electron chi connectivity index (χ4n) is 8.71. The predicted molar refractivity (Wildman–Crippen MR) is 234 cm³/mol. The van der Waals surface area contributed by atoms with Crippen LogP contribution in [0.5, 0.6) is 23.0 Å². The molecule has 0 radical (unpaired) electrons. The number of nitrogens with zero attached hydrogens (tertiary/aromatic N) is 1. The van der Waals surface area contributed by atoms with Gasteiger partial charge in [0.15, 0.2) is 12.4 Å². The first-order valence-electron chi connectivity index (χ1n) is 20.9. The molecule has 3 aliphatic heterocycles. The molecule has 3 heterocycles. The van der Waals surface area contributed by atoms with E-state index < -0.39 is 107 Å². The molecule has 2 amide bonds. The number of ketones is 1. The molecule has 0 saturated heterocycles. The first-order chi connectivity index (χ1) is 28.6. The van der Waals surface area contributed by atoms with Crippen molar-refractivity contribution in [3.05, 3.63) is 53.3 Å². The third-order valence-corrected chi connectivity index (χ3v) is 11.8. The number of hydrogen-bond acceptors (Lipinski definition) is 13. The van der Waals surface area contributed by atoms with Gasteiger partial charge in [-0.25, -0.2) is 0 Å². The van der Waals surface area contributed by atoms with Gasteiger partial charge in [-0.3, -0.25) is 19.2 Å². The van der Waals surface area contributed by atoms with Crippen LogP contribution in [0.3, 0.4) is 0 Å². The van der Waals surface area contributed by atoms with Crippen LogP contribution in [0.15, 0.2) is 42.2 Å². The number of amides is 2. The van der Waals surface area contributed by atoms with E-state index in [1.165, 1.54) is 59.3 Å².